The van der Waals surface area contributed by atoms with Gasteiger partial charge in [0.2, 0.25) is 0 Å². The van der Waals surface area contributed by atoms with E-state index in [2.05, 4.69) is 5.32 Å². The van der Waals surface area contributed by atoms with Gasteiger partial charge in [-0.05, 0) is 19.4 Å². The molecule has 0 aromatic carbocycles. The molecule has 46 valence electrons. The molecule has 1 aliphatic rings. The Morgan fingerprint density at radius 1 is 1.75 bits per heavy atom. The van der Waals surface area contributed by atoms with E-state index in [0.29, 0.717) is 0 Å². The molecule has 3 heteroatoms. The summed E-state index contributed by atoms with van der Waals surface area (Å²) in [5.41, 5.74) is 0. The Bertz CT molecular complexity index is 96.6. The highest BCUT2D eigenvalue weighted by Gasteiger charge is 2.20. The van der Waals surface area contributed by atoms with E-state index in [4.69, 9.17) is 5.11 Å². The zero-order chi connectivity index (χ0) is 5.98. The fraction of sp³-hybridized carbons (Fsp3) is 0.800. The first-order chi connectivity index (χ1) is 3.80. The summed E-state index contributed by atoms with van der Waals surface area (Å²) in [7, 11) is 0. The summed E-state index contributed by atoms with van der Waals surface area (Å²) in [6.45, 7) is 0.858. The van der Waals surface area contributed by atoms with E-state index in [1.807, 2.05) is 0 Å². The van der Waals surface area contributed by atoms with E-state index < -0.39 is 5.97 Å². The van der Waals surface area contributed by atoms with Crippen molar-refractivity contribution in [3.63, 3.8) is 0 Å². The molecule has 0 spiro atoms. The Hall–Kier alpha value is -0.570. The number of carboxylic acids is 1. The zero-order valence-electron chi connectivity index (χ0n) is 4.55. The molecule has 3 nitrogen and oxygen atoms in total. The second-order valence-corrected chi connectivity index (χ2v) is 1.99. The predicted molar refractivity (Wildman–Crippen MR) is 28.7 cm³/mol. The van der Waals surface area contributed by atoms with Crippen molar-refractivity contribution in [2.75, 3.05) is 6.54 Å². The molecule has 0 saturated carbocycles. The van der Waals surface area contributed by atoms with Crippen LogP contribution in [-0.2, 0) is 4.79 Å². The van der Waals surface area contributed by atoms with Crippen LogP contribution in [0.4, 0.5) is 0 Å². The van der Waals surface area contributed by atoms with Gasteiger partial charge in [-0.1, -0.05) is 0 Å². The molecule has 1 heterocycles. The highest BCUT2D eigenvalue weighted by molar-refractivity contribution is 5.73. The maximum atomic E-state index is 10.1. The summed E-state index contributed by atoms with van der Waals surface area (Å²) in [6.07, 6.45) is 1.78. The van der Waals surface area contributed by atoms with Gasteiger partial charge in [0.1, 0.15) is 6.04 Å². The lowest BCUT2D eigenvalue weighted by Crippen LogP contribution is -2.29. The summed E-state index contributed by atoms with van der Waals surface area (Å²) in [5, 5.41) is 11.2. The van der Waals surface area contributed by atoms with Crippen LogP contribution in [0, 0.1) is 0 Å². The molecular formula is C5H9NO2. The van der Waals surface area contributed by atoms with Crippen LogP contribution in [0.3, 0.4) is 0 Å². The van der Waals surface area contributed by atoms with Crippen LogP contribution in [0.25, 0.3) is 0 Å². The summed E-state index contributed by atoms with van der Waals surface area (Å²) < 4.78 is 0. The number of aliphatic carboxylic acids is 1. The Morgan fingerprint density at radius 2 is 2.50 bits per heavy atom. The Balaban J connectivity index is 2.35. The monoisotopic (exact) mass is 125 g/mol. The van der Waals surface area contributed by atoms with Crippen LogP contribution in [0.15, 0.2) is 0 Å². The van der Waals surface area contributed by atoms with Crippen molar-refractivity contribution in [3.8, 4) is 0 Å². The highest BCUT2D eigenvalue weighted by Crippen LogP contribution is 2.03. The van der Waals surface area contributed by atoms with E-state index in [0.717, 1.165) is 19.4 Å². The van der Waals surface area contributed by atoms with E-state index in [9.17, 15) is 4.79 Å². The minimum Gasteiger partial charge on any atom is -0.480 e. The van der Waals surface area contributed by atoms with E-state index in [-0.39, 0.29) is 6.04 Å². The lowest BCUT2D eigenvalue weighted by Gasteiger charge is -1.99. The molecule has 1 rings (SSSR count). The first-order valence-electron chi connectivity index (χ1n) is 2.77. The summed E-state index contributed by atoms with van der Waals surface area (Å²) in [4.78, 5) is 10.1. The van der Waals surface area contributed by atoms with Gasteiger partial charge in [0.05, 0.1) is 0 Å². The van der Waals surface area contributed by atoms with Gasteiger partial charge >= 0.3 is 5.97 Å². The van der Waals surface area contributed by atoms with Crippen molar-refractivity contribution in [2.45, 2.75) is 18.9 Å². The molecule has 1 saturated heterocycles. The number of carbonyl (C=O) groups is 1. The Labute approximate surface area is 47.7 Å². The third-order valence-electron chi connectivity index (χ3n) is 1.36. The van der Waals surface area contributed by atoms with Crippen LogP contribution in [-0.4, -0.2) is 23.7 Å². The largest absolute Gasteiger partial charge is 0.480 e. The molecule has 0 aromatic rings. The molecule has 0 radical (unpaired) electrons. The second-order valence-electron chi connectivity index (χ2n) is 1.99. The SMILES string of the molecule is O=[14C](O)[14C@@H]1[14CH2][14CH2][14CH2]N1. The fourth-order valence-electron chi connectivity index (χ4n) is 0.895. The van der Waals surface area contributed by atoms with Gasteiger partial charge in [0.15, 0.2) is 0 Å². The third-order valence-corrected chi connectivity index (χ3v) is 1.36. The van der Waals surface area contributed by atoms with Crippen LogP contribution >= 0.6 is 0 Å². The van der Waals surface area contributed by atoms with E-state index in [1.54, 1.807) is 0 Å². The molecule has 0 bridgehead atoms. The van der Waals surface area contributed by atoms with Gasteiger partial charge in [0.25, 0.3) is 0 Å². The average molecular weight is 125 g/mol. The standard InChI is InChI=1S/C5H9NO2/c7-5(8)4-2-1-3-6-4/h4,6H,1-3H2,(H,7,8)/t4-/m0/s1/i1+2,2+2,3+2,4+2,5+2. The lowest BCUT2D eigenvalue weighted by molar-refractivity contribution is -0.139. The van der Waals surface area contributed by atoms with Crippen molar-refractivity contribution in [3.05, 3.63) is 0 Å². The first kappa shape index (κ1) is 5.56. The third kappa shape index (κ3) is 0.980. The normalized spacial score (nSPS) is 28.2. The van der Waals surface area contributed by atoms with Crippen molar-refractivity contribution < 1.29 is 9.90 Å². The Kier molecular flexibility index (Phi) is 1.48. The molecule has 0 aromatic heterocycles. The Morgan fingerprint density at radius 3 is 2.75 bits per heavy atom. The maximum Gasteiger partial charge on any atom is 0.320 e. The van der Waals surface area contributed by atoms with Gasteiger partial charge in [0, 0.05) is 0 Å². The van der Waals surface area contributed by atoms with Gasteiger partial charge in [-0.3, -0.25) is 4.79 Å². The van der Waals surface area contributed by atoms with Gasteiger partial charge in [-0.15, -0.1) is 0 Å². The van der Waals surface area contributed by atoms with Crippen molar-refractivity contribution in [1.29, 1.82) is 0 Å². The smallest absolute Gasteiger partial charge is 0.320 e. The zero-order valence-corrected chi connectivity index (χ0v) is 4.55. The predicted octanol–water partition coefficient (Wildman–Crippen LogP) is -0.177. The average Bonchev–Trinajstić information content (AvgIpc) is 2.12. The summed E-state index contributed by atoms with van der Waals surface area (Å²) in [5.74, 6) is -0.720. The maximum absolute atomic E-state index is 10.1. The minimum atomic E-state index is -0.720. The minimum absolute atomic E-state index is 0.269. The fourth-order valence-corrected chi connectivity index (χ4v) is 0.895. The van der Waals surface area contributed by atoms with Gasteiger partial charge in [-0.2, -0.15) is 0 Å². The molecule has 0 unspecified atom stereocenters. The number of carboxylic acid groups (broad SMARTS) is 1. The van der Waals surface area contributed by atoms with Gasteiger partial charge < -0.3 is 10.4 Å². The van der Waals surface area contributed by atoms with Crippen LogP contribution in [0.1, 0.15) is 12.8 Å². The molecule has 0 amide bonds. The molecule has 0 aliphatic carbocycles. The molecule has 2 N–H and O–H groups in total. The number of rotatable bonds is 1. The molecule has 1 atom stereocenters. The summed E-state index contributed by atoms with van der Waals surface area (Å²) >= 11 is 0. The van der Waals surface area contributed by atoms with Crippen molar-refractivity contribution in [1.82, 2.24) is 5.32 Å². The van der Waals surface area contributed by atoms with Crippen LogP contribution < -0.4 is 5.32 Å². The van der Waals surface area contributed by atoms with Crippen molar-refractivity contribution in [2.24, 2.45) is 0 Å². The van der Waals surface area contributed by atoms with Crippen molar-refractivity contribution >= 4 is 5.97 Å². The number of nitrogens with one attached hydrogen (secondary N) is 1. The van der Waals surface area contributed by atoms with E-state index in [1.165, 1.54) is 0 Å². The van der Waals surface area contributed by atoms with Crippen LogP contribution in [0.5, 0.6) is 0 Å². The molecular weight excluding hydrogens is 116 g/mol. The van der Waals surface area contributed by atoms with E-state index >= 15 is 0 Å². The summed E-state index contributed by atoms with van der Waals surface area (Å²) in [6, 6.07) is -0.269. The number of hydrogen-bond acceptors (Lipinski definition) is 2. The molecule has 1 aliphatic heterocycles. The molecule has 8 heavy (non-hydrogen) atoms. The number of hydrogen-bond donors (Lipinski definition) is 2. The highest BCUT2D eigenvalue weighted by atomic mass is 16.7. The second kappa shape index (κ2) is 2.13. The van der Waals surface area contributed by atoms with Gasteiger partial charge in [-0.25, -0.2) is 0 Å². The quantitative estimate of drug-likeness (QED) is 0.511. The molecule has 1 fully saturated rings. The topological polar surface area (TPSA) is 49.3 Å². The lowest BCUT2D eigenvalue weighted by atomic mass is 12.1. The first-order valence-corrected chi connectivity index (χ1v) is 2.77. The van der Waals surface area contributed by atoms with Crippen LogP contribution in [0.2, 0.25) is 0 Å².